The van der Waals surface area contributed by atoms with Gasteiger partial charge in [0.25, 0.3) is 5.91 Å². The fraction of sp³-hybridized carbons (Fsp3) is 0.476. The average Bonchev–Trinajstić information content (AvgIpc) is 3.19. The second kappa shape index (κ2) is 8.79. The molecule has 3 rings (SSSR count). The molecule has 0 aromatic heterocycles. The lowest BCUT2D eigenvalue weighted by Crippen LogP contribution is -2.39. The van der Waals surface area contributed by atoms with Crippen molar-refractivity contribution in [2.75, 3.05) is 20.2 Å². The molecule has 140 valence electrons. The summed E-state index contributed by atoms with van der Waals surface area (Å²) < 4.78 is 5.24. The minimum absolute atomic E-state index is 0.0178. The van der Waals surface area contributed by atoms with Crippen molar-refractivity contribution < 1.29 is 9.53 Å². The van der Waals surface area contributed by atoms with Gasteiger partial charge >= 0.3 is 0 Å². The molecule has 26 heavy (non-hydrogen) atoms. The average molecular weight is 355 g/mol. The number of amides is 1. The third-order valence-corrected chi connectivity index (χ3v) is 4.99. The van der Waals surface area contributed by atoms with Gasteiger partial charge in [0, 0.05) is 19.3 Å². The van der Waals surface area contributed by atoms with Gasteiger partial charge in [-0.3, -0.25) is 15.2 Å². The molecule has 1 aliphatic heterocycles. The topological polar surface area (TPSA) is 53.6 Å². The molecule has 1 amide bonds. The minimum atomic E-state index is -0.0178. The number of benzene rings is 1. The van der Waals surface area contributed by atoms with E-state index in [0.717, 1.165) is 30.0 Å². The van der Waals surface area contributed by atoms with Crippen LogP contribution in [0, 0.1) is 5.92 Å². The molecule has 2 aliphatic rings. The van der Waals surface area contributed by atoms with E-state index in [1.807, 2.05) is 36.5 Å². The van der Waals surface area contributed by atoms with E-state index in [9.17, 15) is 4.79 Å². The summed E-state index contributed by atoms with van der Waals surface area (Å²) in [6.45, 7) is 3.68. The van der Waals surface area contributed by atoms with Crippen LogP contribution >= 0.6 is 0 Å². The van der Waals surface area contributed by atoms with Gasteiger partial charge in [0.15, 0.2) is 0 Å². The standard InChI is InChI=1S/C21H29N3O2/c1-3-12-22-21(25)18-13-20(17-8-10-19(26-2)11-9-17)23-24(15-18)14-16-6-4-5-7-16/h8-11,13,15-16,23H,3-7,12,14H2,1-2H3,(H,22,25). The molecule has 1 saturated carbocycles. The highest BCUT2D eigenvalue weighted by atomic mass is 16.5. The molecule has 2 N–H and O–H groups in total. The maximum Gasteiger partial charge on any atom is 0.252 e. The van der Waals surface area contributed by atoms with Crippen LogP contribution in [-0.2, 0) is 4.79 Å². The molecule has 0 saturated heterocycles. The monoisotopic (exact) mass is 355 g/mol. The molecular formula is C21H29N3O2. The summed E-state index contributed by atoms with van der Waals surface area (Å²) in [5, 5.41) is 5.06. The van der Waals surface area contributed by atoms with E-state index in [-0.39, 0.29) is 5.91 Å². The number of rotatable bonds is 7. The molecule has 1 aromatic carbocycles. The van der Waals surface area contributed by atoms with Gasteiger partial charge in [-0.15, -0.1) is 0 Å². The quantitative estimate of drug-likeness (QED) is 0.786. The number of methoxy groups -OCH3 is 1. The SMILES string of the molecule is CCCNC(=O)C1=CN(CC2CCCC2)NC(c2ccc(OC)cc2)=C1. The van der Waals surface area contributed by atoms with Crippen LogP contribution in [0.2, 0.25) is 0 Å². The zero-order chi connectivity index (χ0) is 18.4. The maximum absolute atomic E-state index is 12.5. The fourth-order valence-electron chi connectivity index (χ4n) is 3.53. The Kier molecular flexibility index (Phi) is 6.21. The van der Waals surface area contributed by atoms with E-state index in [1.165, 1.54) is 25.7 Å². The Balaban J connectivity index is 1.80. The number of hydrazine groups is 1. The lowest BCUT2D eigenvalue weighted by molar-refractivity contribution is -0.117. The third kappa shape index (κ3) is 4.59. The number of ether oxygens (including phenoxy) is 1. The van der Waals surface area contributed by atoms with E-state index in [1.54, 1.807) is 7.11 Å². The second-order valence-electron chi connectivity index (χ2n) is 7.04. The summed E-state index contributed by atoms with van der Waals surface area (Å²) in [7, 11) is 1.66. The number of carbonyl (C=O) groups excluding carboxylic acids is 1. The van der Waals surface area contributed by atoms with Gasteiger partial charge in [0.2, 0.25) is 0 Å². The Bertz CT molecular complexity index is 673. The lowest BCUT2D eigenvalue weighted by Gasteiger charge is -2.31. The summed E-state index contributed by atoms with van der Waals surface area (Å²) in [6, 6.07) is 7.90. The molecule has 1 aromatic rings. The van der Waals surface area contributed by atoms with Gasteiger partial charge in [-0.2, -0.15) is 0 Å². The molecule has 0 unspecified atom stereocenters. The zero-order valence-electron chi connectivity index (χ0n) is 15.8. The minimum Gasteiger partial charge on any atom is -0.497 e. The first kappa shape index (κ1) is 18.4. The van der Waals surface area contributed by atoms with Crippen molar-refractivity contribution in [3.8, 4) is 5.75 Å². The number of carbonyl (C=O) groups is 1. The molecule has 1 aliphatic carbocycles. The largest absolute Gasteiger partial charge is 0.497 e. The third-order valence-electron chi connectivity index (χ3n) is 4.99. The number of hydrogen-bond donors (Lipinski definition) is 2. The Morgan fingerprint density at radius 1 is 1.27 bits per heavy atom. The van der Waals surface area contributed by atoms with Crippen LogP contribution in [0.15, 0.2) is 42.1 Å². The Labute approximate surface area is 156 Å². The summed E-state index contributed by atoms with van der Waals surface area (Å²) in [5.41, 5.74) is 6.15. The molecule has 0 atom stereocenters. The first-order valence-electron chi connectivity index (χ1n) is 9.59. The normalized spacial score (nSPS) is 17.4. The van der Waals surface area contributed by atoms with Crippen molar-refractivity contribution in [2.45, 2.75) is 39.0 Å². The van der Waals surface area contributed by atoms with E-state index < -0.39 is 0 Å². The van der Waals surface area contributed by atoms with Crippen molar-refractivity contribution in [2.24, 2.45) is 5.92 Å². The molecule has 5 nitrogen and oxygen atoms in total. The van der Waals surface area contributed by atoms with Gasteiger partial charge in [-0.25, -0.2) is 0 Å². The number of hydrogen-bond acceptors (Lipinski definition) is 4. The summed E-state index contributed by atoms with van der Waals surface area (Å²) >= 11 is 0. The van der Waals surface area contributed by atoms with E-state index in [0.29, 0.717) is 18.0 Å². The molecule has 5 heteroatoms. The van der Waals surface area contributed by atoms with Gasteiger partial charge in [0.05, 0.1) is 18.4 Å². The van der Waals surface area contributed by atoms with E-state index in [4.69, 9.17) is 4.74 Å². The summed E-state index contributed by atoms with van der Waals surface area (Å²) in [6.07, 6.45) is 9.96. The Hall–Kier alpha value is -2.43. The molecule has 0 spiro atoms. The van der Waals surface area contributed by atoms with E-state index >= 15 is 0 Å². The fourth-order valence-corrected chi connectivity index (χ4v) is 3.53. The van der Waals surface area contributed by atoms with Crippen molar-refractivity contribution >= 4 is 11.6 Å². The van der Waals surface area contributed by atoms with Crippen LogP contribution in [-0.4, -0.2) is 31.1 Å². The highest BCUT2D eigenvalue weighted by Gasteiger charge is 2.22. The highest BCUT2D eigenvalue weighted by molar-refractivity contribution is 5.98. The van der Waals surface area contributed by atoms with Crippen LogP contribution in [0.4, 0.5) is 0 Å². The van der Waals surface area contributed by atoms with Crippen molar-refractivity contribution in [1.29, 1.82) is 0 Å². The highest BCUT2D eigenvalue weighted by Crippen LogP contribution is 2.27. The van der Waals surface area contributed by atoms with Crippen LogP contribution in [0.1, 0.15) is 44.6 Å². The van der Waals surface area contributed by atoms with Crippen molar-refractivity contribution in [1.82, 2.24) is 15.8 Å². The maximum atomic E-state index is 12.5. The molecule has 1 heterocycles. The molecular weight excluding hydrogens is 326 g/mol. The number of nitrogens with one attached hydrogen (secondary N) is 2. The predicted octanol–water partition coefficient (Wildman–Crippen LogP) is 3.46. The van der Waals surface area contributed by atoms with Crippen molar-refractivity contribution in [3.05, 3.63) is 47.7 Å². The van der Waals surface area contributed by atoms with Crippen LogP contribution in [0.3, 0.4) is 0 Å². The van der Waals surface area contributed by atoms with Gasteiger partial charge in [-0.05, 0) is 61.1 Å². The van der Waals surface area contributed by atoms with Crippen LogP contribution < -0.4 is 15.5 Å². The Morgan fingerprint density at radius 2 is 2.00 bits per heavy atom. The van der Waals surface area contributed by atoms with Gasteiger partial charge < -0.3 is 10.1 Å². The summed E-state index contributed by atoms with van der Waals surface area (Å²) in [4.78, 5) is 12.5. The van der Waals surface area contributed by atoms with E-state index in [2.05, 4.69) is 22.7 Å². The molecule has 0 radical (unpaired) electrons. The first-order chi connectivity index (χ1) is 12.7. The number of nitrogens with zero attached hydrogens (tertiary/aromatic N) is 1. The molecule has 1 fully saturated rings. The van der Waals surface area contributed by atoms with Crippen molar-refractivity contribution in [3.63, 3.8) is 0 Å². The lowest BCUT2D eigenvalue weighted by atomic mass is 10.1. The molecule has 0 bridgehead atoms. The zero-order valence-corrected chi connectivity index (χ0v) is 15.8. The second-order valence-corrected chi connectivity index (χ2v) is 7.04. The predicted molar refractivity (Wildman–Crippen MR) is 104 cm³/mol. The van der Waals surface area contributed by atoms with Gasteiger partial charge in [-0.1, -0.05) is 19.8 Å². The first-order valence-corrected chi connectivity index (χ1v) is 9.59. The van der Waals surface area contributed by atoms with Crippen LogP contribution in [0.25, 0.3) is 5.70 Å². The van der Waals surface area contributed by atoms with Gasteiger partial charge in [0.1, 0.15) is 5.75 Å². The van der Waals surface area contributed by atoms with Crippen LogP contribution in [0.5, 0.6) is 5.75 Å². The summed E-state index contributed by atoms with van der Waals surface area (Å²) in [5.74, 6) is 1.49. The Morgan fingerprint density at radius 3 is 2.65 bits per heavy atom. The smallest absolute Gasteiger partial charge is 0.252 e.